The molecule has 0 bridgehead atoms. The van der Waals surface area contributed by atoms with Crippen LogP contribution in [0.2, 0.25) is 5.15 Å². The van der Waals surface area contributed by atoms with E-state index >= 15 is 0 Å². The third-order valence-electron chi connectivity index (χ3n) is 2.67. The summed E-state index contributed by atoms with van der Waals surface area (Å²) in [7, 11) is 3.14. The predicted molar refractivity (Wildman–Crippen MR) is 73.5 cm³/mol. The molecule has 5 nitrogen and oxygen atoms in total. The largest absolute Gasteiger partial charge is 0.385 e. The number of nitrogens with zero attached hydrogens (tertiary/aromatic N) is 2. The molecule has 0 aromatic carbocycles. The van der Waals surface area contributed by atoms with Crippen LogP contribution in [0.3, 0.4) is 0 Å². The highest BCUT2D eigenvalue weighted by Gasteiger charge is 2.19. The predicted octanol–water partition coefficient (Wildman–Crippen LogP) is 2.00. The number of methoxy groups -OCH3 is 2. The summed E-state index contributed by atoms with van der Waals surface area (Å²) in [6.45, 7) is 1.79. The number of rotatable bonds is 8. The van der Waals surface area contributed by atoms with E-state index in [4.69, 9.17) is 21.1 Å². The van der Waals surface area contributed by atoms with Crippen LogP contribution < -0.4 is 0 Å². The highest BCUT2D eigenvalue weighted by molar-refractivity contribution is 6.32. The number of amides is 1. The van der Waals surface area contributed by atoms with Crippen molar-refractivity contribution >= 4 is 17.5 Å². The van der Waals surface area contributed by atoms with Crippen LogP contribution in [-0.4, -0.2) is 56.3 Å². The van der Waals surface area contributed by atoms with Gasteiger partial charge in [0, 0.05) is 33.9 Å². The molecule has 0 radical (unpaired) electrons. The van der Waals surface area contributed by atoms with E-state index in [1.165, 1.54) is 0 Å². The third-order valence-corrected chi connectivity index (χ3v) is 2.97. The molecule has 0 atom stereocenters. The lowest BCUT2D eigenvalue weighted by Gasteiger charge is -2.22. The Morgan fingerprint density at radius 2 is 2.05 bits per heavy atom. The molecule has 0 unspecified atom stereocenters. The quantitative estimate of drug-likeness (QED) is 0.544. The van der Waals surface area contributed by atoms with Crippen molar-refractivity contribution in [2.45, 2.75) is 6.42 Å². The molecular formula is C13H18ClFN2O3. The first-order valence-electron chi connectivity index (χ1n) is 6.18. The lowest BCUT2D eigenvalue weighted by Crippen LogP contribution is -2.35. The van der Waals surface area contributed by atoms with Gasteiger partial charge < -0.3 is 14.4 Å². The first-order chi connectivity index (χ1) is 9.60. The van der Waals surface area contributed by atoms with Crippen molar-refractivity contribution in [1.82, 2.24) is 9.88 Å². The molecule has 0 N–H and O–H groups in total. The number of carbonyl (C=O) groups is 1. The molecule has 0 spiro atoms. The number of carbonyl (C=O) groups excluding carboxylic acids is 1. The van der Waals surface area contributed by atoms with Gasteiger partial charge >= 0.3 is 0 Å². The second-order valence-corrected chi connectivity index (χ2v) is 4.48. The van der Waals surface area contributed by atoms with Gasteiger partial charge in [-0.1, -0.05) is 11.6 Å². The van der Waals surface area contributed by atoms with Crippen molar-refractivity contribution < 1.29 is 18.7 Å². The van der Waals surface area contributed by atoms with Crippen LogP contribution in [-0.2, 0) is 9.47 Å². The van der Waals surface area contributed by atoms with E-state index in [2.05, 4.69) is 4.98 Å². The zero-order chi connectivity index (χ0) is 15.0. The van der Waals surface area contributed by atoms with E-state index in [1.807, 2.05) is 0 Å². The van der Waals surface area contributed by atoms with E-state index < -0.39 is 5.82 Å². The SMILES string of the molecule is COCCCN(CCOC)C(=O)c1cc(F)cnc1Cl. The third kappa shape index (κ3) is 5.03. The normalized spacial score (nSPS) is 10.6. The van der Waals surface area contributed by atoms with Crippen LogP contribution in [0.5, 0.6) is 0 Å². The summed E-state index contributed by atoms with van der Waals surface area (Å²) in [5, 5.41) is -0.00874. The summed E-state index contributed by atoms with van der Waals surface area (Å²) in [6, 6.07) is 1.09. The van der Waals surface area contributed by atoms with Crippen molar-refractivity contribution in [3.8, 4) is 0 Å². The van der Waals surface area contributed by atoms with Crippen molar-refractivity contribution in [3.05, 3.63) is 28.8 Å². The molecule has 0 fully saturated rings. The maximum absolute atomic E-state index is 13.2. The molecule has 0 aliphatic heterocycles. The number of hydrogen-bond donors (Lipinski definition) is 0. The van der Waals surface area contributed by atoms with Gasteiger partial charge in [-0.2, -0.15) is 0 Å². The van der Waals surface area contributed by atoms with E-state index in [1.54, 1.807) is 19.1 Å². The summed E-state index contributed by atoms with van der Waals surface area (Å²) in [6.07, 6.45) is 1.65. The van der Waals surface area contributed by atoms with Gasteiger partial charge in [-0.15, -0.1) is 0 Å². The maximum Gasteiger partial charge on any atom is 0.257 e. The Balaban J connectivity index is 2.82. The second kappa shape index (κ2) is 8.84. The van der Waals surface area contributed by atoms with Gasteiger partial charge in [0.1, 0.15) is 11.0 Å². The minimum absolute atomic E-state index is 0.00874. The molecular weight excluding hydrogens is 287 g/mol. The molecule has 20 heavy (non-hydrogen) atoms. The fourth-order valence-corrected chi connectivity index (χ4v) is 1.84. The van der Waals surface area contributed by atoms with Crippen molar-refractivity contribution in [2.24, 2.45) is 0 Å². The number of pyridine rings is 1. The standard InChI is InChI=1S/C13H18ClFN2O3/c1-19-6-3-4-17(5-7-20-2)13(18)11-8-10(15)9-16-12(11)14/h8-9H,3-7H2,1-2H3. The van der Waals surface area contributed by atoms with Gasteiger partial charge in [-0.05, 0) is 12.5 Å². The number of ether oxygens (including phenoxy) is 2. The number of aromatic nitrogens is 1. The topological polar surface area (TPSA) is 51.7 Å². The average molecular weight is 305 g/mol. The summed E-state index contributed by atoms with van der Waals surface area (Å²) < 4.78 is 23.1. The summed E-state index contributed by atoms with van der Waals surface area (Å²) >= 11 is 5.85. The minimum Gasteiger partial charge on any atom is -0.385 e. The maximum atomic E-state index is 13.2. The fraction of sp³-hybridized carbons (Fsp3) is 0.538. The first kappa shape index (κ1) is 16.8. The Hall–Kier alpha value is -1.24. The van der Waals surface area contributed by atoms with Crippen LogP contribution in [0, 0.1) is 5.82 Å². The van der Waals surface area contributed by atoms with Crippen molar-refractivity contribution in [1.29, 1.82) is 0 Å². The Morgan fingerprint density at radius 3 is 2.70 bits per heavy atom. The Morgan fingerprint density at radius 1 is 1.35 bits per heavy atom. The lowest BCUT2D eigenvalue weighted by molar-refractivity contribution is 0.0673. The molecule has 1 aromatic rings. The van der Waals surface area contributed by atoms with Gasteiger partial charge in [-0.25, -0.2) is 9.37 Å². The minimum atomic E-state index is -0.596. The van der Waals surface area contributed by atoms with Gasteiger partial charge in [0.15, 0.2) is 0 Å². The molecule has 0 saturated heterocycles. The Bertz CT molecular complexity index is 446. The molecule has 1 heterocycles. The smallest absolute Gasteiger partial charge is 0.257 e. The molecule has 1 aromatic heterocycles. The van der Waals surface area contributed by atoms with Gasteiger partial charge in [0.25, 0.3) is 5.91 Å². The first-order valence-corrected chi connectivity index (χ1v) is 6.56. The number of halogens is 2. The Kier molecular flexibility index (Phi) is 7.43. The molecule has 1 rings (SSSR count). The van der Waals surface area contributed by atoms with Crippen molar-refractivity contribution in [3.63, 3.8) is 0 Å². The van der Waals surface area contributed by atoms with Crippen LogP contribution in [0.1, 0.15) is 16.8 Å². The zero-order valence-corrected chi connectivity index (χ0v) is 12.3. The molecule has 0 aliphatic carbocycles. The lowest BCUT2D eigenvalue weighted by atomic mass is 10.2. The van der Waals surface area contributed by atoms with Crippen LogP contribution in [0.25, 0.3) is 0 Å². The average Bonchev–Trinajstić information content (AvgIpc) is 2.44. The molecule has 112 valence electrons. The molecule has 0 aliphatic rings. The van der Waals surface area contributed by atoms with Crippen LogP contribution in [0.15, 0.2) is 12.3 Å². The monoisotopic (exact) mass is 304 g/mol. The zero-order valence-electron chi connectivity index (χ0n) is 11.6. The summed E-state index contributed by atoms with van der Waals surface area (Å²) in [5.41, 5.74) is 0.0557. The number of hydrogen-bond acceptors (Lipinski definition) is 4. The molecule has 7 heteroatoms. The molecule has 1 amide bonds. The second-order valence-electron chi connectivity index (χ2n) is 4.12. The Labute approximate surface area is 122 Å². The van der Waals surface area contributed by atoms with E-state index in [0.29, 0.717) is 32.7 Å². The highest BCUT2D eigenvalue weighted by Crippen LogP contribution is 2.16. The van der Waals surface area contributed by atoms with E-state index in [0.717, 1.165) is 12.3 Å². The van der Waals surface area contributed by atoms with Crippen molar-refractivity contribution in [2.75, 3.05) is 40.5 Å². The highest BCUT2D eigenvalue weighted by atomic mass is 35.5. The van der Waals surface area contributed by atoms with E-state index in [-0.39, 0.29) is 16.6 Å². The van der Waals surface area contributed by atoms with Crippen LogP contribution in [0.4, 0.5) is 4.39 Å². The molecule has 0 saturated carbocycles. The summed E-state index contributed by atoms with van der Waals surface area (Å²) in [5.74, 6) is -0.962. The van der Waals surface area contributed by atoms with Gasteiger partial charge in [0.05, 0.1) is 18.4 Å². The van der Waals surface area contributed by atoms with Crippen LogP contribution >= 0.6 is 11.6 Å². The van der Waals surface area contributed by atoms with Gasteiger partial charge in [0.2, 0.25) is 0 Å². The summed E-state index contributed by atoms with van der Waals surface area (Å²) in [4.78, 5) is 17.5. The van der Waals surface area contributed by atoms with Gasteiger partial charge in [-0.3, -0.25) is 4.79 Å². The van der Waals surface area contributed by atoms with E-state index in [9.17, 15) is 9.18 Å². The fourth-order valence-electron chi connectivity index (χ4n) is 1.66.